The van der Waals surface area contributed by atoms with E-state index in [4.69, 9.17) is 46.8 Å². The molecule has 0 saturated carbocycles. The van der Waals surface area contributed by atoms with Crippen LogP contribution in [-0.2, 0) is 4.57 Å². The summed E-state index contributed by atoms with van der Waals surface area (Å²) in [5, 5.41) is 16.7. The summed E-state index contributed by atoms with van der Waals surface area (Å²) < 4.78 is 8.88. The van der Waals surface area contributed by atoms with Crippen LogP contribution in [0.3, 0.4) is 0 Å². The van der Waals surface area contributed by atoms with Gasteiger partial charge in [-0.25, -0.2) is 4.57 Å². The van der Waals surface area contributed by atoms with Crippen molar-refractivity contribution in [1.82, 2.24) is 0 Å². The molecule has 0 radical (unpaired) electrons. The first-order valence-electron chi connectivity index (χ1n) is 2.64. The van der Waals surface area contributed by atoms with E-state index in [0.717, 1.165) is 0 Å². The van der Waals surface area contributed by atoms with Crippen LogP contribution < -0.4 is 5.73 Å². The fourth-order valence-electron chi connectivity index (χ4n) is 0.0913. The quantitative estimate of drug-likeness (QED) is 0.179. The smallest absolute Gasteiger partial charge is 0.388 e. The summed E-state index contributed by atoms with van der Waals surface area (Å²) in [7, 11) is -4.64. The van der Waals surface area contributed by atoms with Crippen molar-refractivity contribution in [3.8, 4) is 0 Å². The lowest BCUT2D eigenvalue weighted by atomic mass is 10.4. The van der Waals surface area contributed by atoms with Crippen molar-refractivity contribution in [2.75, 3.05) is 5.88 Å². The summed E-state index contributed by atoms with van der Waals surface area (Å²) in [6.45, 7) is 0. The molecule has 2 atom stereocenters. The number of hydrogen-bond donors (Lipinski definition) is 6. The topological polar surface area (TPSA) is 144 Å². The van der Waals surface area contributed by atoms with Gasteiger partial charge in [0.05, 0.1) is 5.88 Å². The summed E-state index contributed by atoms with van der Waals surface area (Å²) in [5.74, 6) is -0.0301. The van der Waals surface area contributed by atoms with E-state index in [-0.39, 0.29) is 5.88 Å². The highest BCUT2D eigenvalue weighted by Gasteiger charge is 2.07. The largest absolute Gasteiger partial charge is 0.466 e. The molecule has 0 aliphatic rings. The van der Waals surface area contributed by atoms with E-state index in [1.54, 1.807) is 0 Å². The van der Waals surface area contributed by atoms with Crippen molar-refractivity contribution in [2.24, 2.45) is 5.73 Å². The van der Waals surface area contributed by atoms with Crippen LogP contribution in [-0.4, -0.2) is 43.1 Å². The maximum absolute atomic E-state index is 8.88. The summed E-state index contributed by atoms with van der Waals surface area (Å²) in [5.41, 5.74) is 4.77. The number of aliphatic hydroxyl groups is 2. The van der Waals surface area contributed by atoms with Crippen molar-refractivity contribution in [3.63, 3.8) is 0 Å². The molecular formula is C3H11ClNO6P. The van der Waals surface area contributed by atoms with Gasteiger partial charge in [-0.1, -0.05) is 0 Å². The Labute approximate surface area is 73.6 Å². The Kier molecular flexibility index (Phi) is 8.33. The van der Waals surface area contributed by atoms with Gasteiger partial charge in [-0.05, 0) is 0 Å². The van der Waals surface area contributed by atoms with E-state index in [1.807, 2.05) is 0 Å². The summed E-state index contributed by atoms with van der Waals surface area (Å²) in [4.78, 5) is 21.6. The predicted molar refractivity (Wildman–Crippen MR) is 41.2 cm³/mol. The van der Waals surface area contributed by atoms with Gasteiger partial charge in [-0.2, -0.15) is 0 Å². The van der Waals surface area contributed by atoms with Gasteiger partial charge < -0.3 is 30.6 Å². The van der Waals surface area contributed by atoms with Crippen molar-refractivity contribution in [1.29, 1.82) is 0 Å². The molecule has 0 aromatic carbocycles. The Morgan fingerprint density at radius 2 is 1.58 bits per heavy atom. The lowest BCUT2D eigenvalue weighted by Crippen LogP contribution is -2.35. The van der Waals surface area contributed by atoms with Gasteiger partial charge in [0.15, 0.2) is 0 Å². The number of phosphoric acid groups is 1. The van der Waals surface area contributed by atoms with Gasteiger partial charge in [-0.15, -0.1) is 11.6 Å². The first-order valence-corrected chi connectivity index (χ1v) is 4.74. The third-order valence-electron chi connectivity index (χ3n) is 0.552. The van der Waals surface area contributed by atoms with Crippen LogP contribution in [0, 0.1) is 0 Å². The van der Waals surface area contributed by atoms with Crippen LogP contribution in [0.2, 0.25) is 0 Å². The molecule has 0 spiro atoms. The zero-order valence-corrected chi connectivity index (χ0v) is 7.56. The molecule has 0 amide bonds. The second-order valence-corrected chi connectivity index (χ2v) is 3.06. The Balaban J connectivity index is 0. The lowest BCUT2D eigenvalue weighted by molar-refractivity contribution is 0.0381. The minimum absolute atomic E-state index is 0.0301. The van der Waals surface area contributed by atoms with E-state index in [9.17, 15) is 0 Å². The van der Waals surface area contributed by atoms with E-state index in [2.05, 4.69) is 0 Å². The molecule has 2 unspecified atom stereocenters. The molecule has 0 rings (SSSR count). The van der Waals surface area contributed by atoms with Crippen molar-refractivity contribution < 1.29 is 29.5 Å². The first kappa shape index (κ1) is 14.8. The first-order chi connectivity index (χ1) is 5.18. The number of rotatable bonds is 2. The van der Waals surface area contributed by atoms with E-state index in [1.165, 1.54) is 0 Å². The highest BCUT2D eigenvalue weighted by atomic mass is 35.5. The van der Waals surface area contributed by atoms with Crippen molar-refractivity contribution in [2.45, 2.75) is 12.3 Å². The van der Waals surface area contributed by atoms with Crippen LogP contribution >= 0.6 is 19.4 Å². The number of halogens is 1. The standard InChI is InChI=1S/C3H8ClNO2.H3O4P/c4-1-2(6)3(5)7;1-5(2,3)4/h2-3,6-7H,1,5H2;(H3,1,2,3,4). The lowest BCUT2D eigenvalue weighted by Gasteiger charge is -2.07. The Morgan fingerprint density at radius 3 is 1.58 bits per heavy atom. The second kappa shape index (κ2) is 6.76. The van der Waals surface area contributed by atoms with E-state index < -0.39 is 20.2 Å². The molecule has 9 heteroatoms. The minimum atomic E-state index is -4.64. The van der Waals surface area contributed by atoms with Gasteiger partial charge in [-0.3, -0.25) is 0 Å². The van der Waals surface area contributed by atoms with Crippen molar-refractivity contribution >= 4 is 19.4 Å². The molecule has 0 aliphatic carbocycles. The SMILES string of the molecule is NC(O)C(O)CCl.O=P(O)(O)O. The Hall–Kier alpha value is 0.280. The van der Waals surface area contributed by atoms with Crippen LogP contribution in [0.4, 0.5) is 0 Å². The van der Waals surface area contributed by atoms with Crippen LogP contribution in [0.5, 0.6) is 0 Å². The minimum Gasteiger partial charge on any atom is -0.388 e. The predicted octanol–water partition coefficient (Wildman–Crippen LogP) is -2.07. The zero-order chi connectivity index (χ0) is 10.4. The van der Waals surface area contributed by atoms with E-state index >= 15 is 0 Å². The molecule has 7 nitrogen and oxygen atoms in total. The number of nitrogens with two attached hydrogens (primary N) is 1. The van der Waals surface area contributed by atoms with Crippen LogP contribution in [0.25, 0.3) is 0 Å². The van der Waals surface area contributed by atoms with Gasteiger partial charge >= 0.3 is 7.82 Å². The molecule has 0 heterocycles. The second-order valence-electron chi connectivity index (χ2n) is 1.73. The molecule has 0 saturated heterocycles. The number of hydrogen-bond acceptors (Lipinski definition) is 4. The number of aliphatic hydroxyl groups excluding tert-OH is 2. The summed E-state index contributed by atoms with van der Waals surface area (Å²) in [6, 6.07) is 0. The maximum Gasteiger partial charge on any atom is 0.466 e. The fraction of sp³-hybridized carbons (Fsp3) is 1.00. The van der Waals surface area contributed by atoms with E-state index in [0.29, 0.717) is 0 Å². The van der Waals surface area contributed by atoms with Crippen LogP contribution in [0.15, 0.2) is 0 Å². The highest BCUT2D eigenvalue weighted by molar-refractivity contribution is 7.45. The van der Waals surface area contributed by atoms with Gasteiger partial charge in [0.1, 0.15) is 12.3 Å². The molecule has 0 aliphatic heterocycles. The average Bonchev–Trinajstić information content (AvgIpc) is 1.82. The molecule has 7 N–H and O–H groups in total. The van der Waals surface area contributed by atoms with Gasteiger partial charge in [0.2, 0.25) is 0 Å². The monoisotopic (exact) mass is 223 g/mol. The molecular weight excluding hydrogens is 212 g/mol. The molecule has 12 heavy (non-hydrogen) atoms. The molecule has 76 valence electrons. The summed E-state index contributed by atoms with van der Waals surface area (Å²) >= 11 is 5.06. The summed E-state index contributed by atoms with van der Waals surface area (Å²) in [6.07, 6.45) is -2.21. The van der Waals surface area contributed by atoms with Gasteiger partial charge in [0, 0.05) is 0 Å². The molecule has 0 bridgehead atoms. The zero-order valence-electron chi connectivity index (χ0n) is 5.91. The van der Waals surface area contributed by atoms with Crippen LogP contribution in [0.1, 0.15) is 0 Å². The average molecular weight is 224 g/mol. The van der Waals surface area contributed by atoms with Crippen molar-refractivity contribution in [3.05, 3.63) is 0 Å². The third-order valence-corrected chi connectivity index (χ3v) is 0.869. The maximum atomic E-state index is 8.88. The third kappa shape index (κ3) is 22.4. The van der Waals surface area contributed by atoms with Gasteiger partial charge in [0.25, 0.3) is 0 Å². The number of alkyl halides is 1. The molecule has 0 fully saturated rings. The Bertz CT molecular complexity index is 139. The normalized spacial score (nSPS) is 15.9. The Morgan fingerprint density at radius 1 is 1.33 bits per heavy atom. The molecule has 0 aromatic rings. The fourth-order valence-corrected chi connectivity index (χ4v) is 0.274. The highest BCUT2D eigenvalue weighted by Crippen LogP contribution is 2.25. The molecule has 0 aromatic heterocycles.